The van der Waals surface area contributed by atoms with Crippen LogP contribution in [0.3, 0.4) is 0 Å². The van der Waals surface area contributed by atoms with E-state index in [4.69, 9.17) is 5.21 Å². The molecule has 108 valence electrons. The van der Waals surface area contributed by atoms with Crippen molar-refractivity contribution in [3.8, 4) is 0 Å². The summed E-state index contributed by atoms with van der Waals surface area (Å²) >= 11 is 1.14. The Morgan fingerprint density at radius 3 is 2.85 bits per heavy atom. The number of nitrogens with one attached hydrogen (secondary N) is 2. The van der Waals surface area contributed by atoms with Crippen molar-refractivity contribution in [2.45, 2.75) is 38.6 Å². The van der Waals surface area contributed by atoms with Crippen LogP contribution in [0.15, 0.2) is 17.8 Å². The van der Waals surface area contributed by atoms with Gasteiger partial charge in [0.25, 0.3) is 5.91 Å². The molecule has 2 rings (SSSR count). The molecule has 0 spiro atoms. The van der Waals surface area contributed by atoms with Crippen LogP contribution in [-0.4, -0.2) is 22.0 Å². The minimum atomic E-state index is -0.595. The van der Waals surface area contributed by atoms with Gasteiger partial charge in [0.1, 0.15) is 9.88 Å². The number of rotatable bonds is 4. The normalized spacial score (nSPS) is 16.2. The Labute approximate surface area is 120 Å². The Kier molecular flexibility index (Phi) is 4.86. The second-order valence-corrected chi connectivity index (χ2v) is 5.74. The Bertz CT molecular complexity index is 539. The van der Waals surface area contributed by atoms with Crippen LogP contribution in [-0.2, 0) is 4.79 Å². The van der Waals surface area contributed by atoms with Crippen molar-refractivity contribution in [2.75, 3.05) is 0 Å². The Balaban J connectivity index is 1.99. The van der Waals surface area contributed by atoms with E-state index >= 15 is 0 Å². The van der Waals surface area contributed by atoms with Crippen molar-refractivity contribution >= 4 is 23.2 Å². The van der Waals surface area contributed by atoms with E-state index in [1.807, 2.05) is 13.0 Å². The predicted molar refractivity (Wildman–Crippen MR) is 74.5 cm³/mol. The minimum Gasteiger partial charge on any atom is -0.343 e. The van der Waals surface area contributed by atoms with Crippen LogP contribution < -0.4 is 10.8 Å². The number of allylic oxidation sites excluding steroid dienone is 1. The first-order chi connectivity index (χ1) is 9.61. The summed E-state index contributed by atoms with van der Waals surface area (Å²) < 4.78 is 0. The number of hydroxylamine groups is 1. The number of hydrogen-bond acceptors (Lipinski definition) is 5. The molecule has 0 aliphatic heterocycles. The first-order valence-corrected chi connectivity index (χ1v) is 7.33. The highest BCUT2D eigenvalue weighted by Crippen LogP contribution is 2.22. The summed E-state index contributed by atoms with van der Waals surface area (Å²) in [6.45, 7) is 1.82. The topological polar surface area (TPSA) is 91.3 Å². The zero-order valence-electron chi connectivity index (χ0n) is 11.2. The van der Waals surface area contributed by atoms with Crippen molar-refractivity contribution in [1.29, 1.82) is 0 Å². The molecule has 0 radical (unpaired) electrons. The Morgan fingerprint density at radius 2 is 2.20 bits per heavy atom. The lowest BCUT2D eigenvalue weighted by Gasteiger charge is -2.15. The monoisotopic (exact) mass is 295 g/mol. The summed E-state index contributed by atoms with van der Waals surface area (Å²) in [5.41, 5.74) is 2.39. The molecule has 1 aromatic heterocycles. The van der Waals surface area contributed by atoms with Gasteiger partial charge in [-0.15, -0.1) is 11.3 Å². The lowest BCUT2D eigenvalue weighted by atomic mass is 9.99. The second kappa shape index (κ2) is 6.62. The van der Waals surface area contributed by atoms with Crippen LogP contribution in [0.25, 0.3) is 0 Å². The van der Waals surface area contributed by atoms with Crippen molar-refractivity contribution in [3.63, 3.8) is 0 Å². The molecule has 7 heteroatoms. The first kappa shape index (κ1) is 14.7. The smallest absolute Gasteiger partial charge is 0.286 e. The van der Waals surface area contributed by atoms with Gasteiger partial charge >= 0.3 is 0 Å². The number of carbonyl (C=O) groups excluding carboxylic acids is 2. The fourth-order valence-corrected chi connectivity index (χ4v) is 2.85. The minimum absolute atomic E-state index is 0.0689. The lowest BCUT2D eigenvalue weighted by Crippen LogP contribution is -2.28. The van der Waals surface area contributed by atoms with Crippen LogP contribution in [0.4, 0.5) is 0 Å². The number of thiazole rings is 1. The van der Waals surface area contributed by atoms with E-state index in [9.17, 15) is 9.59 Å². The molecular weight excluding hydrogens is 278 g/mol. The molecule has 0 unspecified atom stereocenters. The number of nitrogens with zero attached hydrogens (tertiary/aromatic N) is 1. The van der Waals surface area contributed by atoms with Crippen molar-refractivity contribution in [2.24, 2.45) is 0 Å². The van der Waals surface area contributed by atoms with Crippen LogP contribution >= 0.6 is 11.3 Å². The van der Waals surface area contributed by atoms with Crippen molar-refractivity contribution in [1.82, 2.24) is 15.8 Å². The average Bonchev–Trinajstić information content (AvgIpc) is 2.97. The molecule has 0 bridgehead atoms. The van der Waals surface area contributed by atoms with E-state index in [1.165, 1.54) is 6.20 Å². The molecule has 1 heterocycles. The lowest BCUT2D eigenvalue weighted by molar-refractivity contribution is -0.118. The summed E-state index contributed by atoms with van der Waals surface area (Å²) in [6.07, 6.45) is 7.32. The van der Waals surface area contributed by atoms with Gasteiger partial charge in [-0.2, -0.15) is 0 Å². The maximum atomic E-state index is 12.1. The fourth-order valence-electron chi connectivity index (χ4n) is 2.04. The largest absolute Gasteiger partial charge is 0.343 e. The Hall–Kier alpha value is -1.73. The van der Waals surface area contributed by atoms with Gasteiger partial charge in [-0.05, 0) is 32.6 Å². The number of hydrogen-bond donors (Lipinski definition) is 3. The highest BCUT2D eigenvalue weighted by Gasteiger charge is 2.18. The number of aromatic nitrogens is 1. The van der Waals surface area contributed by atoms with Gasteiger partial charge in [-0.1, -0.05) is 6.08 Å². The second-order valence-electron chi connectivity index (χ2n) is 4.67. The highest BCUT2D eigenvalue weighted by atomic mass is 32.1. The molecule has 20 heavy (non-hydrogen) atoms. The van der Waals surface area contributed by atoms with Crippen molar-refractivity contribution in [3.05, 3.63) is 27.7 Å². The third-order valence-electron chi connectivity index (χ3n) is 3.15. The van der Waals surface area contributed by atoms with Gasteiger partial charge in [0.05, 0.1) is 12.2 Å². The van der Waals surface area contributed by atoms with Gasteiger partial charge in [-0.25, -0.2) is 10.5 Å². The molecule has 3 N–H and O–H groups in total. The van der Waals surface area contributed by atoms with Gasteiger partial charge in [0, 0.05) is 5.57 Å². The third-order valence-corrected chi connectivity index (χ3v) is 4.33. The van der Waals surface area contributed by atoms with E-state index in [2.05, 4.69) is 10.3 Å². The van der Waals surface area contributed by atoms with Gasteiger partial charge < -0.3 is 5.32 Å². The molecule has 0 saturated heterocycles. The molecule has 0 fully saturated rings. The third kappa shape index (κ3) is 3.43. The van der Waals surface area contributed by atoms with Crippen LogP contribution in [0.2, 0.25) is 0 Å². The summed E-state index contributed by atoms with van der Waals surface area (Å²) in [7, 11) is 0. The summed E-state index contributed by atoms with van der Waals surface area (Å²) in [5.74, 6) is -0.664. The molecule has 0 saturated carbocycles. The first-order valence-electron chi connectivity index (χ1n) is 6.52. The van der Waals surface area contributed by atoms with E-state index in [0.29, 0.717) is 9.88 Å². The standard InChI is InChI=1S/C13H17N3O3S/c1-8(13-14-7-10(20-13)12(18)16-19)15-11(17)9-5-3-2-4-6-9/h5,7-8,19H,2-4,6H2,1H3,(H,15,17)(H,16,18)/t8-/m0/s1. The van der Waals surface area contributed by atoms with E-state index in [1.54, 1.807) is 5.48 Å². The van der Waals surface area contributed by atoms with E-state index in [-0.39, 0.29) is 11.9 Å². The SMILES string of the molecule is C[C@H](NC(=O)C1=CCCCC1)c1ncc(C(=O)NO)s1. The van der Waals surface area contributed by atoms with E-state index < -0.39 is 5.91 Å². The van der Waals surface area contributed by atoms with Gasteiger partial charge in [0.2, 0.25) is 5.91 Å². The molecule has 1 atom stereocenters. The summed E-state index contributed by atoms with van der Waals surface area (Å²) in [5, 5.41) is 12.1. The molecule has 0 aromatic carbocycles. The maximum Gasteiger partial charge on any atom is 0.286 e. The molecule has 1 aliphatic carbocycles. The van der Waals surface area contributed by atoms with Gasteiger partial charge in [0.15, 0.2) is 0 Å². The van der Waals surface area contributed by atoms with E-state index in [0.717, 1.165) is 42.6 Å². The quantitative estimate of drug-likeness (QED) is 0.585. The maximum absolute atomic E-state index is 12.1. The fraction of sp³-hybridized carbons (Fsp3) is 0.462. The summed E-state index contributed by atoms with van der Waals surface area (Å²) in [4.78, 5) is 27.7. The molecule has 6 nitrogen and oxygen atoms in total. The molecule has 1 aromatic rings. The van der Waals surface area contributed by atoms with Crippen LogP contribution in [0.1, 0.15) is 53.3 Å². The average molecular weight is 295 g/mol. The molecule has 1 aliphatic rings. The van der Waals surface area contributed by atoms with Crippen LogP contribution in [0, 0.1) is 0 Å². The van der Waals surface area contributed by atoms with Crippen LogP contribution in [0.5, 0.6) is 0 Å². The predicted octanol–water partition coefficient (Wildman–Crippen LogP) is 1.94. The zero-order valence-corrected chi connectivity index (χ0v) is 12.0. The zero-order chi connectivity index (χ0) is 14.5. The number of carbonyl (C=O) groups is 2. The Morgan fingerprint density at radius 1 is 1.40 bits per heavy atom. The number of amides is 2. The molecular formula is C13H17N3O3S. The molecule has 2 amide bonds. The van der Waals surface area contributed by atoms with Crippen molar-refractivity contribution < 1.29 is 14.8 Å². The highest BCUT2D eigenvalue weighted by molar-refractivity contribution is 7.13. The summed E-state index contributed by atoms with van der Waals surface area (Å²) in [6, 6.07) is -0.268. The van der Waals surface area contributed by atoms with Gasteiger partial charge in [-0.3, -0.25) is 14.8 Å².